The second kappa shape index (κ2) is 3.29. The fourth-order valence-electron chi connectivity index (χ4n) is 1.14. The molecular formula is C9H6N2O3. The molecule has 5 nitrogen and oxygen atoms in total. The van der Waals surface area contributed by atoms with Crippen molar-refractivity contribution in [3.05, 3.63) is 36.0 Å². The molecule has 0 bridgehead atoms. The van der Waals surface area contributed by atoms with Crippen molar-refractivity contribution in [1.29, 1.82) is 0 Å². The fourth-order valence-corrected chi connectivity index (χ4v) is 1.14. The molecule has 0 saturated heterocycles. The van der Waals surface area contributed by atoms with E-state index in [1.807, 2.05) is 0 Å². The smallest absolute Gasteiger partial charge is 0.249 e. The zero-order valence-corrected chi connectivity index (χ0v) is 7.08. The van der Waals surface area contributed by atoms with Gasteiger partial charge in [-0.05, 0) is 10.7 Å². The number of aldehydes is 1. The van der Waals surface area contributed by atoms with Crippen molar-refractivity contribution in [2.75, 3.05) is 0 Å². The van der Waals surface area contributed by atoms with Crippen LogP contribution in [0.2, 0.25) is 0 Å². The van der Waals surface area contributed by atoms with Gasteiger partial charge in [0.05, 0.1) is 10.8 Å². The molecule has 0 fully saturated rings. The maximum absolute atomic E-state index is 10.7. The molecule has 0 aliphatic carbocycles. The third-order valence-electron chi connectivity index (χ3n) is 1.76. The highest BCUT2D eigenvalue weighted by Crippen LogP contribution is 2.06. The Hall–Kier alpha value is -2.17. The number of aromatic nitrogens is 2. The first-order chi connectivity index (χ1) is 6.81. The van der Waals surface area contributed by atoms with Crippen molar-refractivity contribution in [3.63, 3.8) is 0 Å². The van der Waals surface area contributed by atoms with Gasteiger partial charge in [-0.3, -0.25) is 4.79 Å². The number of rotatable bonds is 2. The molecule has 0 radical (unpaired) electrons. The highest BCUT2D eigenvalue weighted by molar-refractivity contribution is 5.79. The quantitative estimate of drug-likeness (QED) is 0.487. The van der Waals surface area contributed by atoms with Crippen LogP contribution in [0.1, 0.15) is 10.4 Å². The van der Waals surface area contributed by atoms with Gasteiger partial charge >= 0.3 is 0 Å². The molecule has 70 valence electrons. The van der Waals surface area contributed by atoms with Crippen LogP contribution in [0.25, 0.3) is 5.69 Å². The molecule has 0 spiro atoms. The number of nitrogens with zero attached hydrogens (tertiary/aromatic N) is 2. The number of hydrogen-bond acceptors (Lipinski definition) is 4. The Morgan fingerprint density at radius 1 is 1.43 bits per heavy atom. The fraction of sp³-hybridized carbons (Fsp3) is 0. The third kappa shape index (κ3) is 1.35. The van der Waals surface area contributed by atoms with Crippen LogP contribution < -0.4 is 9.79 Å². The van der Waals surface area contributed by atoms with Gasteiger partial charge in [-0.25, -0.2) is 0 Å². The van der Waals surface area contributed by atoms with E-state index in [1.54, 1.807) is 24.3 Å². The van der Waals surface area contributed by atoms with Crippen LogP contribution in [-0.2, 0) is 0 Å². The normalized spacial score (nSPS) is 10.0. The van der Waals surface area contributed by atoms with Gasteiger partial charge in [-0.2, -0.15) is 0 Å². The summed E-state index contributed by atoms with van der Waals surface area (Å²) >= 11 is 0. The van der Waals surface area contributed by atoms with Crippen molar-refractivity contribution in [2.45, 2.75) is 0 Å². The van der Waals surface area contributed by atoms with Crippen molar-refractivity contribution < 1.29 is 19.1 Å². The van der Waals surface area contributed by atoms with Crippen LogP contribution in [0.3, 0.4) is 0 Å². The molecule has 2 rings (SSSR count). The van der Waals surface area contributed by atoms with Crippen LogP contribution in [-0.4, -0.2) is 11.6 Å². The Morgan fingerprint density at radius 3 is 2.86 bits per heavy atom. The summed E-state index contributed by atoms with van der Waals surface area (Å²) < 4.78 is 5.59. The maximum Gasteiger partial charge on any atom is 0.249 e. The van der Waals surface area contributed by atoms with Gasteiger partial charge in [0.2, 0.25) is 11.9 Å². The van der Waals surface area contributed by atoms with E-state index in [2.05, 4.69) is 9.79 Å². The number of benzene rings is 1. The summed E-state index contributed by atoms with van der Waals surface area (Å²) in [5.74, 6) is -0.550. The van der Waals surface area contributed by atoms with Gasteiger partial charge in [-0.15, -0.1) is 0 Å². The molecule has 2 aromatic rings. The lowest BCUT2D eigenvalue weighted by Crippen LogP contribution is -2.32. The Balaban J connectivity index is 2.55. The van der Waals surface area contributed by atoms with E-state index in [0.717, 1.165) is 0 Å². The van der Waals surface area contributed by atoms with E-state index in [-0.39, 0.29) is 0 Å². The van der Waals surface area contributed by atoms with Crippen LogP contribution in [0, 0.1) is 0 Å². The minimum Gasteiger partial charge on any atom is -0.539 e. The second-order valence-corrected chi connectivity index (χ2v) is 2.64. The number of para-hydroxylation sites is 1. The summed E-state index contributed by atoms with van der Waals surface area (Å²) in [6.07, 6.45) is 1.86. The van der Waals surface area contributed by atoms with Gasteiger partial charge in [0.25, 0.3) is 0 Å². The van der Waals surface area contributed by atoms with Crippen LogP contribution in [0.5, 0.6) is 5.95 Å². The van der Waals surface area contributed by atoms with E-state index >= 15 is 0 Å². The van der Waals surface area contributed by atoms with E-state index in [0.29, 0.717) is 17.5 Å². The zero-order valence-electron chi connectivity index (χ0n) is 7.08. The lowest BCUT2D eigenvalue weighted by atomic mass is 10.2. The molecule has 14 heavy (non-hydrogen) atoms. The van der Waals surface area contributed by atoms with Crippen LogP contribution in [0.15, 0.2) is 35.0 Å². The standard InChI is InChI=1S/C9H6N2O3/c12-6-7-3-1-2-4-8(7)11-5-9(13)14-10-11/h1-6H. The molecule has 0 saturated carbocycles. The average Bonchev–Trinajstić information content (AvgIpc) is 2.65. The molecular weight excluding hydrogens is 184 g/mol. The third-order valence-corrected chi connectivity index (χ3v) is 1.76. The van der Waals surface area contributed by atoms with Gasteiger partial charge in [0.1, 0.15) is 5.95 Å². The zero-order chi connectivity index (χ0) is 9.97. The number of carbonyl (C=O) groups is 1. The van der Waals surface area contributed by atoms with E-state index < -0.39 is 5.95 Å². The molecule has 0 atom stereocenters. The van der Waals surface area contributed by atoms with Crippen molar-refractivity contribution >= 4 is 6.29 Å². The van der Waals surface area contributed by atoms with E-state index in [9.17, 15) is 9.90 Å². The first kappa shape index (κ1) is 8.43. The first-order valence-electron chi connectivity index (χ1n) is 3.91. The van der Waals surface area contributed by atoms with Gasteiger partial charge < -0.3 is 9.63 Å². The highest BCUT2D eigenvalue weighted by atomic mass is 16.6. The summed E-state index contributed by atoms with van der Waals surface area (Å²) in [6, 6.07) is 6.78. The predicted molar refractivity (Wildman–Crippen MR) is 42.9 cm³/mol. The van der Waals surface area contributed by atoms with Gasteiger partial charge in [0, 0.05) is 6.07 Å². The minimum atomic E-state index is -0.550. The Bertz CT molecular complexity index is 465. The number of hydrogen-bond donors (Lipinski definition) is 0. The Kier molecular flexibility index (Phi) is 1.98. The van der Waals surface area contributed by atoms with Gasteiger partial charge in [-0.1, -0.05) is 12.1 Å². The molecule has 0 N–H and O–H groups in total. The summed E-state index contributed by atoms with van der Waals surface area (Å²) in [7, 11) is 0. The lowest BCUT2D eigenvalue weighted by molar-refractivity contribution is -0.670. The molecule has 1 heterocycles. The largest absolute Gasteiger partial charge is 0.539 e. The second-order valence-electron chi connectivity index (χ2n) is 2.64. The van der Waals surface area contributed by atoms with Crippen molar-refractivity contribution in [2.24, 2.45) is 0 Å². The summed E-state index contributed by atoms with van der Waals surface area (Å²) in [6.45, 7) is 0. The topological polar surface area (TPSA) is 70.0 Å². The maximum atomic E-state index is 10.7. The summed E-state index contributed by atoms with van der Waals surface area (Å²) in [5.41, 5.74) is 0.971. The van der Waals surface area contributed by atoms with Crippen LogP contribution >= 0.6 is 0 Å². The lowest BCUT2D eigenvalue weighted by Gasteiger charge is -1.91. The molecule has 0 unspecified atom stereocenters. The molecule has 5 heteroatoms. The summed E-state index contributed by atoms with van der Waals surface area (Å²) in [5, 5.41) is 14.2. The monoisotopic (exact) mass is 190 g/mol. The number of carbonyl (C=O) groups excluding carboxylic acids is 1. The Labute approximate surface area is 79.2 Å². The molecule has 1 aromatic heterocycles. The van der Waals surface area contributed by atoms with E-state index in [1.165, 1.54) is 10.9 Å². The average molecular weight is 190 g/mol. The summed E-state index contributed by atoms with van der Waals surface area (Å²) in [4.78, 5) is 10.7. The molecule has 0 aliphatic heterocycles. The van der Waals surface area contributed by atoms with Gasteiger partial charge in [0.15, 0.2) is 6.29 Å². The highest BCUT2D eigenvalue weighted by Gasteiger charge is 2.13. The molecule has 0 aliphatic rings. The molecule has 0 amide bonds. The SMILES string of the molecule is O=Cc1ccccc1-[n+]1cc([O-])on1. The minimum absolute atomic E-state index is 0.450. The van der Waals surface area contributed by atoms with Crippen LogP contribution in [0.4, 0.5) is 0 Å². The first-order valence-corrected chi connectivity index (χ1v) is 3.91. The molecule has 1 aromatic carbocycles. The van der Waals surface area contributed by atoms with Crippen molar-refractivity contribution in [3.8, 4) is 11.6 Å². The Morgan fingerprint density at radius 2 is 2.21 bits per heavy atom. The van der Waals surface area contributed by atoms with E-state index in [4.69, 9.17) is 0 Å². The van der Waals surface area contributed by atoms with Crippen molar-refractivity contribution in [1.82, 2.24) is 5.27 Å². The predicted octanol–water partition coefficient (Wildman–Crippen LogP) is -0.163.